The van der Waals surface area contributed by atoms with Crippen LogP contribution < -0.4 is 10.8 Å². The molecule has 0 saturated carbocycles. The van der Waals surface area contributed by atoms with Gasteiger partial charge in [0.05, 0.1) is 6.10 Å². The van der Waals surface area contributed by atoms with Crippen LogP contribution in [-0.4, -0.2) is 36.9 Å². The fourth-order valence-electron chi connectivity index (χ4n) is 1.03. The molecule has 0 atom stereocenters. The number of ether oxygens (including phenoxy) is 1. The molecule has 0 aliphatic carbocycles. The summed E-state index contributed by atoms with van der Waals surface area (Å²) in [6.07, 6.45) is 2.91. The molecular weight excluding hydrogens is 285 g/mol. The average Bonchev–Trinajstić information content (AvgIpc) is 2.20. The van der Waals surface area contributed by atoms with Crippen molar-refractivity contribution in [1.82, 2.24) is 10.8 Å². The Morgan fingerprint density at radius 2 is 1.88 bits per heavy atom. The van der Waals surface area contributed by atoms with E-state index < -0.39 is 0 Å². The van der Waals surface area contributed by atoms with Crippen molar-refractivity contribution < 1.29 is 47.4 Å². The number of unbranched alkanes of at least 4 members (excludes halogenated alkanes) is 2. The third kappa shape index (κ3) is 14.5. The van der Waals surface area contributed by atoms with Crippen LogP contribution in [0.2, 0.25) is 0 Å². The zero-order valence-electron chi connectivity index (χ0n) is 10.2. The van der Waals surface area contributed by atoms with Crippen molar-refractivity contribution in [3.05, 3.63) is 0 Å². The zero-order chi connectivity index (χ0) is 11.5. The van der Waals surface area contributed by atoms with Crippen LogP contribution in [0.3, 0.4) is 0 Å². The molecule has 0 unspecified atom stereocenters. The third-order valence-electron chi connectivity index (χ3n) is 1.84. The Labute approximate surface area is 123 Å². The summed E-state index contributed by atoms with van der Waals surface area (Å²) in [6, 6.07) is 0. The first-order valence-electron chi connectivity index (χ1n) is 5.42. The molecular formula is C10H22N2O3Y. The average molecular weight is 307 g/mol. The van der Waals surface area contributed by atoms with E-state index in [1.807, 2.05) is 13.8 Å². The molecule has 0 saturated heterocycles. The molecule has 0 bridgehead atoms. The van der Waals surface area contributed by atoms with E-state index in [9.17, 15) is 4.79 Å². The Balaban J connectivity index is 0. The second-order valence-electron chi connectivity index (χ2n) is 3.68. The maximum Gasteiger partial charge on any atom is 0.246 e. The van der Waals surface area contributed by atoms with Crippen LogP contribution in [0.15, 0.2) is 0 Å². The molecule has 0 aromatic heterocycles. The van der Waals surface area contributed by atoms with Gasteiger partial charge in [-0.2, -0.15) is 0 Å². The number of carbonyl (C=O) groups excluding carboxylic acids is 1. The Morgan fingerprint density at radius 3 is 2.44 bits per heavy atom. The monoisotopic (exact) mass is 307 g/mol. The van der Waals surface area contributed by atoms with Gasteiger partial charge in [0.15, 0.2) is 0 Å². The Hall–Kier alpha value is 0.454. The first kappa shape index (κ1) is 18.8. The molecule has 0 aromatic carbocycles. The Bertz CT molecular complexity index is 168. The van der Waals surface area contributed by atoms with Gasteiger partial charge in [-0.15, -0.1) is 0 Å². The minimum Gasteiger partial charge on any atom is -0.369 e. The molecule has 0 heterocycles. The largest absolute Gasteiger partial charge is 0.369 e. The smallest absolute Gasteiger partial charge is 0.246 e. The predicted molar refractivity (Wildman–Crippen MR) is 57.7 cm³/mol. The second kappa shape index (κ2) is 13.5. The Kier molecular flexibility index (Phi) is 15.9. The van der Waals surface area contributed by atoms with Gasteiger partial charge in [0.25, 0.3) is 0 Å². The van der Waals surface area contributed by atoms with Crippen molar-refractivity contribution in [2.45, 2.75) is 39.2 Å². The molecule has 0 fully saturated rings. The minimum absolute atomic E-state index is 0. The van der Waals surface area contributed by atoms with Crippen LogP contribution in [0.5, 0.6) is 0 Å². The van der Waals surface area contributed by atoms with E-state index in [0.29, 0.717) is 13.1 Å². The molecule has 0 aromatic rings. The maximum atomic E-state index is 11.1. The number of carbonyl (C=O) groups is 1. The molecule has 0 rings (SSSR count). The van der Waals surface area contributed by atoms with E-state index in [4.69, 9.17) is 9.94 Å². The second-order valence-corrected chi connectivity index (χ2v) is 3.68. The number of amides is 1. The molecule has 1 radical (unpaired) electrons. The SMILES string of the molecule is CC(C)OCC(=O)NCCCCCNO.[Y]. The predicted octanol–water partition coefficient (Wildman–Crippen LogP) is 0.674. The zero-order valence-corrected chi connectivity index (χ0v) is 13.0. The molecule has 0 spiro atoms. The van der Waals surface area contributed by atoms with Crippen LogP contribution in [0.25, 0.3) is 0 Å². The summed E-state index contributed by atoms with van der Waals surface area (Å²) in [4.78, 5) is 11.1. The summed E-state index contributed by atoms with van der Waals surface area (Å²) >= 11 is 0. The van der Waals surface area contributed by atoms with Gasteiger partial charge < -0.3 is 15.3 Å². The van der Waals surface area contributed by atoms with Gasteiger partial charge in [0, 0.05) is 45.8 Å². The molecule has 93 valence electrons. The van der Waals surface area contributed by atoms with Gasteiger partial charge in [0.1, 0.15) is 6.61 Å². The fraction of sp³-hybridized carbons (Fsp3) is 0.900. The van der Waals surface area contributed by atoms with E-state index in [1.54, 1.807) is 0 Å². The molecule has 6 heteroatoms. The van der Waals surface area contributed by atoms with Crippen LogP contribution in [0, 0.1) is 0 Å². The molecule has 0 aliphatic rings. The molecule has 16 heavy (non-hydrogen) atoms. The van der Waals surface area contributed by atoms with Crippen molar-refractivity contribution in [3.8, 4) is 0 Å². The van der Waals surface area contributed by atoms with Crippen LogP contribution >= 0.6 is 0 Å². The quantitative estimate of drug-likeness (QED) is 0.433. The van der Waals surface area contributed by atoms with Crippen molar-refractivity contribution in [2.75, 3.05) is 19.7 Å². The summed E-state index contributed by atoms with van der Waals surface area (Å²) in [5.74, 6) is -0.0658. The summed E-state index contributed by atoms with van der Waals surface area (Å²) in [7, 11) is 0. The van der Waals surface area contributed by atoms with E-state index in [1.165, 1.54) is 0 Å². The van der Waals surface area contributed by atoms with Gasteiger partial charge in [-0.05, 0) is 26.7 Å². The number of rotatable bonds is 9. The van der Waals surface area contributed by atoms with Crippen molar-refractivity contribution in [3.63, 3.8) is 0 Å². The van der Waals surface area contributed by atoms with Gasteiger partial charge >= 0.3 is 0 Å². The standard InChI is InChI=1S/C10H22N2O3.Y/c1-9(2)15-8-10(13)11-6-4-3-5-7-12-14;/h9,12,14H,3-8H2,1-2H3,(H,11,13);. The van der Waals surface area contributed by atoms with Crippen molar-refractivity contribution in [1.29, 1.82) is 0 Å². The summed E-state index contributed by atoms with van der Waals surface area (Å²) in [5.41, 5.74) is 2.09. The van der Waals surface area contributed by atoms with Crippen LogP contribution in [0.4, 0.5) is 0 Å². The third-order valence-corrected chi connectivity index (χ3v) is 1.84. The van der Waals surface area contributed by atoms with Gasteiger partial charge in [-0.25, -0.2) is 5.48 Å². The Morgan fingerprint density at radius 1 is 1.25 bits per heavy atom. The summed E-state index contributed by atoms with van der Waals surface area (Å²) < 4.78 is 5.14. The first-order valence-corrected chi connectivity index (χ1v) is 5.42. The van der Waals surface area contributed by atoms with Crippen molar-refractivity contribution in [2.24, 2.45) is 0 Å². The number of hydrogen-bond donors (Lipinski definition) is 3. The molecule has 3 N–H and O–H groups in total. The molecule has 0 aliphatic heterocycles. The van der Waals surface area contributed by atoms with Gasteiger partial charge in [-0.1, -0.05) is 6.42 Å². The summed E-state index contributed by atoms with van der Waals surface area (Å²) in [6.45, 7) is 5.20. The van der Waals surface area contributed by atoms with E-state index in [2.05, 4.69) is 10.8 Å². The molecule has 5 nitrogen and oxygen atoms in total. The van der Waals surface area contributed by atoms with Gasteiger partial charge in [0.2, 0.25) is 5.91 Å². The van der Waals surface area contributed by atoms with E-state index in [-0.39, 0.29) is 51.3 Å². The normalized spacial score (nSPS) is 10.0. The molecule has 1 amide bonds. The number of hydrogen-bond acceptors (Lipinski definition) is 4. The van der Waals surface area contributed by atoms with E-state index in [0.717, 1.165) is 19.3 Å². The summed E-state index contributed by atoms with van der Waals surface area (Å²) in [5, 5.41) is 11.1. The maximum absolute atomic E-state index is 11.1. The van der Waals surface area contributed by atoms with Crippen LogP contribution in [-0.2, 0) is 42.2 Å². The first-order chi connectivity index (χ1) is 7.16. The van der Waals surface area contributed by atoms with Crippen LogP contribution in [0.1, 0.15) is 33.1 Å². The van der Waals surface area contributed by atoms with E-state index >= 15 is 0 Å². The fourth-order valence-corrected chi connectivity index (χ4v) is 1.03. The van der Waals surface area contributed by atoms with Crippen molar-refractivity contribution >= 4 is 5.91 Å². The number of hydroxylamine groups is 1. The number of nitrogens with one attached hydrogen (secondary N) is 2. The van der Waals surface area contributed by atoms with Gasteiger partial charge in [-0.3, -0.25) is 4.79 Å². The topological polar surface area (TPSA) is 70.6 Å². The minimum atomic E-state index is -0.0658.